The van der Waals surface area contributed by atoms with Gasteiger partial charge in [0.1, 0.15) is 11.4 Å². The van der Waals surface area contributed by atoms with E-state index in [0.29, 0.717) is 18.4 Å². The molecule has 1 rings (SSSR count). The van der Waals surface area contributed by atoms with Gasteiger partial charge in [0.25, 0.3) is 0 Å². The predicted octanol–water partition coefficient (Wildman–Crippen LogP) is 1.85. The molecule has 3 N–H and O–H groups in total. The van der Waals surface area contributed by atoms with E-state index in [9.17, 15) is 9.59 Å². The van der Waals surface area contributed by atoms with Crippen molar-refractivity contribution in [3.63, 3.8) is 0 Å². The van der Waals surface area contributed by atoms with Gasteiger partial charge in [0.2, 0.25) is 0 Å². The van der Waals surface area contributed by atoms with Crippen molar-refractivity contribution in [2.75, 3.05) is 0 Å². The molecule has 0 saturated carbocycles. The van der Waals surface area contributed by atoms with Crippen molar-refractivity contribution in [2.24, 2.45) is 0 Å². The Morgan fingerprint density at radius 3 is 2.29 bits per heavy atom. The molecule has 1 atom stereocenters. The second kappa shape index (κ2) is 4.91. The topological polar surface area (TPSA) is 86.6 Å². The number of rotatable bonds is 4. The minimum Gasteiger partial charge on any atom is -0.477 e. The summed E-state index contributed by atoms with van der Waals surface area (Å²) in [6, 6.07) is 0. The standard InChI is InChI=1S/C11H14BrNO4/c1-3-6-8(10(16)17)13-7(9(14)15)5-11(6,12)4-2/h5,13H,3-4H2,1-2H3,(H,14,15)(H,16,17). The Hall–Kier alpha value is -1.30. The number of carboxylic acids is 2. The lowest BCUT2D eigenvalue weighted by molar-refractivity contribution is -0.133. The molecule has 0 fully saturated rings. The van der Waals surface area contributed by atoms with E-state index in [1.165, 1.54) is 6.08 Å². The molecule has 0 spiro atoms. The number of allylic oxidation sites excluding steroid dienone is 2. The Labute approximate surface area is 107 Å². The predicted molar refractivity (Wildman–Crippen MR) is 65.8 cm³/mol. The molecule has 0 aromatic rings. The van der Waals surface area contributed by atoms with Gasteiger partial charge in [-0.2, -0.15) is 0 Å². The number of hydrogen-bond donors (Lipinski definition) is 3. The SMILES string of the molecule is CCC1=C(C(=O)O)NC(C(=O)O)=CC1(Br)CC. The molecule has 0 aliphatic carbocycles. The molecular formula is C11H14BrNO4. The highest BCUT2D eigenvalue weighted by atomic mass is 79.9. The van der Waals surface area contributed by atoms with Crippen LogP contribution < -0.4 is 5.32 Å². The first-order valence-electron chi connectivity index (χ1n) is 5.24. The van der Waals surface area contributed by atoms with Crippen molar-refractivity contribution in [3.05, 3.63) is 23.0 Å². The van der Waals surface area contributed by atoms with Crippen molar-refractivity contribution < 1.29 is 19.8 Å². The third-order valence-corrected chi connectivity index (χ3v) is 4.02. The van der Waals surface area contributed by atoms with Crippen LogP contribution in [-0.4, -0.2) is 26.5 Å². The van der Waals surface area contributed by atoms with Crippen LogP contribution in [0, 0.1) is 0 Å². The summed E-state index contributed by atoms with van der Waals surface area (Å²) in [5, 5.41) is 20.5. The molecule has 1 heterocycles. The van der Waals surface area contributed by atoms with Gasteiger partial charge in [-0.1, -0.05) is 29.8 Å². The number of nitrogens with one attached hydrogen (secondary N) is 1. The Bertz CT molecular complexity index is 427. The molecular weight excluding hydrogens is 290 g/mol. The zero-order valence-electron chi connectivity index (χ0n) is 9.58. The first-order chi connectivity index (χ1) is 7.85. The molecule has 0 amide bonds. The molecule has 94 valence electrons. The molecule has 0 radical (unpaired) electrons. The van der Waals surface area contributed by atoms with Crippen LogP contribution in [0.25, 0.3) is 0 Å². The lowest BCUT2D eigenvalue weighted by atomic mass is 9.88. The molecule has 6 heteroatoms. The van der Waals surface area contributed by atoms with Crippen LogP contribution in [-0.2, 0) is 9.59 Å². The minimum absolute atomic E-state index is 0.0499. The molecule has 0 aromatic carbocycles. The summed E-state index contributed by atoms with van der Waals surface area (Å²) >= 11 is 3.44. The maximum atomic E-state index is 11.1. The lowest BCUT2D eigenvalue weighted by Gasteiger charge is -2.32. The van der Waals surface area contributed by atoms with Gasteiger partial charge in [0.05, 0.1) is 4.32 Å². The van der Waals surface area contributed by atoms with E-state index in [-0.39, 0.29) is 11.4 Å². The monoisotopic (exact) mass is 303 g/mol. The first-order valence-corrected chi connectivity index (χ1v) is 6.04. The first kappa shape index (κ1) is 13.8. The highest BCUT2D eigenvalue weighted by Crippen LogP contribution is 2.39. The summed E-state index contributed by atoms with van der Waals surface area (Å²) in [5.41, 5.74) is 0.488. The smallest absolute Gasteiger partial charge is 0.352 e. The van der Waals surface area contributed by atoms with Gasteiger partial charge in [0.15, 0.2) is 0 Å². The third kappa shape index (κ3) is 2.52. The average Bonchev–Trinajstić information content (AvgIpc) is 2.27. The van der Waals surface area contributed by atoms with Crippen molar-refractivity contribution >= 4 is 27.9 Å². The van der Waals surface area contributed by atoms with E-state index >= 15 is 0 Å². The third-order valence-electron chi connectivity index (χ3n) is 2.75. The van der Waals surface area contributed by atoms with E-state index in [0.717, 1.165) is 0 Å². The van der Waals surface area contributed by atoms with Crippen LogP contribution in [0.3, 0.4) is 0 Å². The van der Waals surface area contributed by atoms with Crippen molar-refractivity contribution in [3.8, 4) is 0 Å². The largest absolute Gasteiger partial charge is 0.477 e. The van der Waals surface area contributed by atoms with Gasteiger partial charge >= 0.3 is 11.9 Å². The fourth-order valence-corrected chi connectivity index (χ4v) is 2.56. The van der Waals surface area contributed by atoms with Gasteiger partial charge in [0, 0.05) is 0 Å². The van der Waals surface area contributed by atoms with Gasteiger partial charge in [-0.3, -0.25) is 0 Å². The zero-order chi connectivity index (χ0) is 13.2. The van der Waals surface area contributed by atoms with E-state index in [1.807, 2.05) is 13.8 Å². The highest BCUT2D eigenvalue weighted by molar-refractivity contribution is 9.10. The number of halogens is 1. The van der Waals surface area contributed by atoms with Crippen LogP contribution in [0.4, 0.5) is 0 Å². The van der Waals surface area contributed by atoms with E-state index in [2.05, 4.69) is 21.2 Å². The second-order valence-corrected chi connectivity index (χ2v) is 5.13. The van der Waals surface area contributed by atoms with Gasteiger partial charge in [-0.05, 0) is 24.5 Å². The van der Waals surface area contributed by atoms with Crippen LogP contribution in [0.1, 0.15) is 26.7 Å². The molecule has 0 bridgehead atoms. The molecule has 5 nitrogen and oxygen atoms in total. The molecule has 0 aromatic heterocycles. The average molecular weight is 304 g/mol. The Kier molecular flexibility index (Phi) is 3.98. The maximum Gasteiger partial charge on any atom is 0.352 e. The molecule has 1 aliphatic heterocycles. The van der Waals surface area contributed by atoms with E-state index < -0.39 is 16.3 Å². The molecule has 1 aliphatic rings. The number of alkyl halides is 1. The number of carbonyl (C=O) groups is 2. The van der Waals surface area contributed by atoms with Gasteiger partial charge < -0.3 is 15.5 Å². The Morgan fingerprint density at radius 1 is 1.35 bits per heavy atom. The van der Waals surface area contributed by atoms with Crippen LogP contribution in [0.5, 0.6) is 0 Å². The van der Waals surface area contributed by atoms with Crippen molar-refractivity contribution in [1.29, 1.82) is 0 Å². The number of aliphatic carboxylic acids is 2. The fraction of sp³-hybridized carbons (Fsp3) is 0.455. The zero-order valence-corrected chi connectivity index (χ0v) is 11.2. The fourth-order valence-electron chi connectivity index (χ4n) is 1.85. The lowest BCUT2D eigenvalue weighted by Crippen LogP contribution is -2.37. The van der Waals surface area contributed by atoms with Gasteiger partial charge in [-0.25, -0.2) is 9.59 Å². The summed E-state index contributed by atoms with van der Waals surface area (Å²) in [6.07, 6.45) is 2.61. The Balaban J connectivity index is 3.35. The molecule has 0 saturated heterocycles. The maximum absolute atomic E-state index is 11.1. The second-order valence-electron chi connectivity index (χ2n) is 3.72. The summed E-state index contributed by atoms with van der Waals surface area (Å²) in [5.74, 6) is -2.32. The molecule has 17 heavy (non-hydrogen) atoms. The summed E-state index contributed by atoms with van der Waals surface area (Å²) in [6.45, 7) is 3.70. The van der Waals surface area contributed by atoms with Crippen molar-refractivity contribution in [1.82, 2.24) is 5.32 Å². The minimum atomic E-state index is -1.17. The van der Waals surface area contributed by atoms with Crippen LogP contribution in [0.15, 0.2) is 23.0 Å². The van der Waals surface area contributed by atoms with E-state index in [1.54, 1.807) is 0 Å². The van der Waals surface area contributed by atoms with Crippen LogP contribution >= 0.6 is 15.9 Å². The summed E-state index contributed by atoms with van der Waals surface area (Å²) < 4.78 is -0.700. The Morgan fingerprint density at radius 2 is 1.94 bits per heavy atom. The molecule has 1 unspecified atom stereocenters. The van der Waals surface area contributed by atoms with E-state index in [4.69, 9.17) is 10.2 Å². The van der Waals surface area contributed by atoms with Gasteiger partial charge in [-0.15, -0.1) is 0 Å². The highest BCUT2D eigenvalue weighted by Gasteiger charge is 2.36. The summed E-state index contributed by atoms with van der Waals surface area (Å²) in [7, 11) is 0. The normalized spacial score (nSPS) is 24.1. The van der Waals surface area contributed by atoms with Crippen molar-refractivity contribution in [2.45, 2.75) is 31.0 Å². The number of carboxylic acid groups (broad SMARTS) is 2. The summed E-state index contributed by atoms with van der Waals surface area (Å²) in [4.78, 5) is 22.1. The van der Waals surface area contributed by atoms with Crippen LogP contribution in [0.2, 0.25) is 0 Å². The quantitative estimate of drug-likeness (QED) is 0.690. The number of hydrogen-bond acceptors (Lipinski definition) is 3. The number of dihydropyridines is 1.